The molecule has 2 atom stereocenters. The summed E-state index contributed by atoms with van der Waals surface area (Å²) in [4.78, 5) is 25.1. The lowest BCUT2D eigenvalue weighted by Crippen LogP contribution is -2.50. The minimum atomic E-state index is -0.122. The van der Waals surface area contributed by atoms with Crippen LogP contribution in [0.25, 0.3) is 0 Å². The second kappa shape index (κ2) is 6.70. The first kappa shape index (κ1) is 15.5. The fourth-order valence-corrected chi connectivity index (χ4v) is 3.45. The monoisotopic (exact) mass is 281 g/mol. The van der Waals surface area contributed by atoms with Gasteiger partial charge in [0.1, 0.15) is 5.78 Å². The predicted octanol–water partition coefficient (Wildman–Crippen LogP) is 2.70. The van der Waals surface area contributed by atoms with Crippen molar-refractivity contribution >= 4 is 11.7 Å². The molecular weight excluding hydrogens is 254 g/mol. The highest BCUT2D eigenvalue weighted by atomic mass is 16.5. The highest BCUT2D eigenvalue weighted by Gasteiger charge is 2.43. The van der Waals surface area contributed by atoms with Gasteiger partial charge in [-0.2, -0.15) is 0 Å². The molecule has 0 unspecified atom stereocenters. The van der Waals surface area contributed by atoms with Crippen LogP contribution in [-0.2, 0) is 14.3 Å². The number of ketones is 1. The normalized spacial score (nSPS) is 29.9. The maximum Gasteiger partial charge on any atom is 0.222 e. The van der Waals surface area contributed by atoms with Gasteiger partial charge in [-0.25, -0.2) is 0 Å². The second-order valence-electron chi connectivity index (χ2n) is 6.37. The standard InChI is InChI=1S/C16H27NO3/c1-3-5-15(19)17-11-4-9-16(12-17)10-8-14(20-16)7-6-13(2)18/h14H,3-12H2,1-2H3/t14-,16+/m1/s1. The predicted molar refractivity (Wildman–Crippen MR) is 77.5 cm³/mol. The fraction of sp³-hybridized carbons (Fsp3) is 0.875. The first-order chi connectivity index (χ1) is 9.54. The molecule has 0 aromatic rings. The summed E-state index contributed by atoms with van der Waals surface area (Å²) in [5.41, 5.74) is -0.122. The quantitative estimate of drug-likeness (QED) is 0.778. The van der Waals surface area contributed by atoms with Gasteiger partial charge in [0, 0.05) is 25.9 Å². The van der Waals surface area contributed by atoms with Crippen molar-refractivity contribution in [3.63, 3.8) is 0 Å². The third kappa shape index (κ3) is 3.81. The van der Waals surface area contributed by atoms with E-state index >= 15 is 0 Å². The Morgan fingerprint density at radius 3 is 2.80 bits per heavy atom. The fourth-order valence-electron chi connectivity index (χ4n) is 3.45. The van der Waals surface area contributed by atoms with E-state index in [1.165, 1.54) is 0 Å². The minimum Gasteiger partial charge on any atom is -0.370 e. The highest BCUT2D eigenvalue weighted by Crippen LogP contribution is 2.39. The number of Topliss-reactive ketones (excluding diaryl/α,β-unsaturated/α-hetero) is 1. The number of hydrogen-bond donors (Lipinski definition) is 0. The van der Waals surface area contributed by atoms with Gasteiger partial charge in [0.15, 0.2) is 0 Å². The number of piperidine rings is 1. The third-order valence-electron chi connectivity index (χ3n) is 4.51. The van der Waals surface area contributed by atoms with Crippen LogP contribution in [0, 0.1) is 0 Å². The molecule has 2 fully saturated rings. The molecule has 1 amide bonds. The minimum absolute atomic E-state index is 0.122. The molecule has 114 valence electrons. The molecule has 0 bridgehead atoms. The molecule has 4 heteroatoms. The molecule has 2 aliphatic rings. The zero-order valence-electron chi connectivity index (χ0n) is 12.8. The van der Waals surface area contributed by atoms with Gasteiger partial charge in [-0.05, 0) is 45.4 Å². The van der Waals surface area contributed by atoms with E-state index < -0.39 is 0 Å². The van der Waals surface area contributed by atoms with Crippen LogP contribution in [0.1, 0.15) is 65.2 Å². The molecule has 0 saturated carbocycles. The van der Waals surface area contributed by atoms with E-state index in [2.05, 4.69) is 0 Å². The molecule has 4 nitrogen and oxygen atoms in total. The number of likely N-dealkylation sites (tertiary alicyclic amines) is 1. The van der Waals surface area contributed by atoms with Crippen molar-refractivity contribution in [2.75, 3.05) is 13.1 Å². The topological polar surface area (TPSA) is 46.6 Å². The Labute approximate surface area is 121 Å². The van der Waals surface area contributed by atoms with Crippen molar-refractivity contribution in [3.8, 4) is 0 Å². The summed E-state index contributed by atoms with van der Waals surface area (Å²) in [6, 6.07) is 0. The summed E-state index contributed by atoms with van der Waals surface area (Å²) >= 11 is 0. The van der Waals surface area contributed by atoms with Crippen LogP contribution >= 0.6 is 0 Å². The number of amides is 1. The molecule has 2 aliphatic heterocycles. The first-order valence-corrected chi connectivity index (χ1v) is 8.00. The summed E-state index contributed by atoms with van der Waals surface area (Å²) < 4.78 is 6.25. The molecule has 2 heterocycles. The van der Waals surface area contributed by atoms with E-state index in [0.717, 1.165) is 51.6 Å². The van der Waals surface area contributed by atoms with Crippen molar-refractivity contribution in [3.05, 3.63) is 0 Å². The summed E-state index contributed by atoms with van der Waals surface area (Å²) in [6.45, 7) is 5.31. The Hall–Kier alpha value is -0.900. The Bertz CT molecular complexity index is 369. The number of carbonyl (C=O) groups is 2. The Morgan fingerprint density at radius 2 is 2.10 bits per heavy atom. The van der Waals surface area contributed by atoms with Gasteiger partial charge >= 0.3 is 0 Å². The van der Waals surface area contributed by atoms with Gasteiger partial charge in [0.2, 0.25) is 5.91 Å². The SMILES string of the molecule is CCCC(=O)N1CCC[C@]2(CC[C@@H](CCC(C)=O)O2)C1. The van der Waals surface area contributed by atoms with Crippen LogP contribution < -0.4 is 0 Å². The zero-order chi connectivity index (χ0) is 14.6. The van der Waals surface area contributed by atoms with E-state index in [-0.39, 0.29) is 23.4 Å². The van der Waals surface area contributed by atoms with Crippen molar-refractivity contribution < 1.29 is 14.3 Å². The molecule has 2 saturated heterocycles. The van der Waals surface area contributed by atoms with Crippen molar-refractivity contribution in [2.24, 2.45) is 0 Å². The lowest BCUT2D eigenvalue weighted by molar-refractivity contribution is -0.142. The maximum atomic E-state index is 12.1. The van der Waals surface area contributed by atoms with Crippen LogP contribution in [0.15, 0.2) is 0 Å². The molecule has 0 radical (unpaired) electrons. The Kier molecular flexibility index (Phi) is 5.19. The third-order valence-corrected chi connectivity index (χ3v) is 4.51. The van der Waals surface area contributed by atoms with Crippen LogP contribution in [-0.4, -0.2) is 41.4 Å². The van der Waals surface area contributed by atoms with E-state index in [0.29, 0.717) is 12.8 Å². The van der Waals surface area contributed by atoms with Gasteiger partial charge < -0.3 is 14.4 Å². The first-order valence-electron chi connectivity index (χ1n) is 8.00. The van der Waals surface area contributed by atoms with Gasteiger partial charge in [0.05, 0.1) is 11.7 Å². The number of nitrogens with zero attached hydrogens (tertiary/aromatic N) is 1. The molecule has 0 aromatic heterocycles. The summed E-state index contributed by atoms with van der Waals surface area (Å²) in [5, 5.41) is 0. The van der Waals surface area contributed by atoms with Crippen LogP contribution in [0.3, 0.4) is 0 Å². The van der Waals surface area contributed by atoms with E-state index in [4.69, 9.17) is 4.74 Å². The molecule has 0 N–H and O–H groups in total. The highest BCUT2D eigenvalue weighted by molar-refractivity contribution is 5.76. The number of carbonyl (C=O) groups excluding carboxylic acids is 2. The lowest BCUT2D eigenvalue weighted by Gasteiger charge is -2.40. The van der Waals surface area contributed by atoms with E-state index in [9.17, 15) is 9.59 Å². The van der Waals surface area contributed by atoms with E-state index in [1.54, 1.807) is 6.92 Å². The van der Waals surface area contributed by atoms with Gasteiger partial charge in [-0.1, -0.05) is 6.92 Å². The van der Waals surface area contributed by atoms with Crippen molar-refractivity contribution in [2.45, 2.75) is 76.9 Å². The number of rotatable bonds is 5. The number of ether oxygens (including phenoxy) is 1. The molecule has 0 aliphatic carbocycles. The van der Waals surface area contributed by atoms with Crippen LogP contribution in [0.2, 0.25) is 0 Å². The lowest BCUT2D eigenvalue weighted by atomic mass is 9.89. The molecule has 1 spiro atoms. The average molecular weight is 281 g/mol. The van der Waals surface area contributed by atoms with Gasteiger partial charge in [0.25, 0.3) is 0 Å². The zero-order valence-corrected chi connectivity index (χ0v) is 12.8. The van der Waals surface area contributed by atoms with Gasteiger partial charge in [-0.3, -0.25) is 4.79 Å². The van der Waals surface area contributed by atoms with Gasteiger partial charge in [-0.15, -0.1) is 0 Å². The largest absolute Gasteiger partial charge is 0.370 e. The molecule has 20 heavy (non-hydrogen) atoms. The summed E-state index contributed by atoms with van der Waals surface area (Å²) in [7, 11) is 0. The van der Waals surface area contributed by atoms with Crippen molar-refractivity contribution in [1.82, 2.24) is 4.90 Å². The van der Waals surface area contributed by atoms with Crippen LogP contribution in [0.5, 0.6) is 0 Å². The molecule has 2 rings (SSSR count). The molecule has 0 aromatic carbocycles. The summed E-state index contributed by atoms with van der Waals surface area (Å²) in [5.74, 6) is 0.500. The van der Waals surface area contributed by atoms with E-state index in [1.807, 2.05) is 11.8 Å². The average Bonchev–Trinajstić information content (AvgIpc) is 2.80. The number of hydrogen-bond acceptors (Lipinski definition) is 3. The summed E-state index contributed by atoms with van der Waals surface area (Å²) in [6.07, 6.45) is 7.36. The van der Waals surface area contributed by atoms with Crippen LogP contribution in [0.4, 0.5) is 0 Å². The maximum absolute atomic E-state index is 12.1. The smallest absolute Gasteiger partial charge is 0.222 e. The molecular formula is C16H27NO3. The Morgan fingerprint density at radius 1 is 1.30 bits per heavy atom. The second-order valence-corrected chi connectivity index (χ2v) is 6.37. The van der Waals surface area contributed by atoms with Crippen molar-refractivity contribution in [1.29, 1.82) is 0 Å². The Balaban J connectivity index is 1.88.